The Bertz CT molecular complexity index is 631. The minimum atomic E-state index is -3.86. The van der Waals surface area contributed by atoms with E-state index in [9.17, 15) is 12.8 Å². The van der Waals surface area contributed by atoms with Crippen molar-refractivity contribution in [1.29, 1.82) is 0 Å². The molecule has 0 amide bonds. The molecule has 1 fully saturated rings. The van der Waals surface area contributed by atoms with Gasteiger partial charge in [-0.3, -0.25) is 0 Å². The van der Waals surface area contributed by atoms with Gasteiger partial charge < -0.3 is 9.64 Å². The van der Waals surface area contributed by atoms with E-state index >= 15 is 0 Å². The van der Waals surface area contributed by atoms with Crippen molar-refractivity contribution in [3.63, 3.8) is 0 Å². The molecule has 1 aliphatic rings. The van der Waals surface area contributed by atoms with Gasteiger partial charge in [0.15, 0.2) is 0 Å². The topological polar surface area (TPSA) is 62.2 Å². The third-order valence-electron chi connectivity index (χ3n) is 2.94. The van der Waals surface area contributed by atoms with Crippen molar-refractivity contribution >= 4 is 34.5 Å². The van der Waals surface area contributed by atoms with Gasteiger partial charge in [-0.2, -0.15) is 4.31 Å². The van der Waals surface area contributed by atoms with Crippen LogP contribution in [0.1, 0.15) is 0 Å². The maximum atomic E-state index is 13.9. The van der Waals surface area contributed by atoms with Gasteiger partial charge in [-0.1, -0.05) is 0 Å². The van der Waals surface area contributed by atoms with Crippen molar-refractivity contribution in [2.75, 3.05) is 40.4 Å². The summed E-state index contributed by atoms with van der Waals surface area (Å²) in [6, 6.07) is 3.81. The number of ether oxygens (including phenoxy) is 1. The van der Waals surface area contributed by atoms with Crippen LogP contribution in [0.15, 0.2) is 28.1 Å². The van der Waals surface area contributed by atoms with E-state index in [2.05, 4.69) is 4.99 Å². The summed E-state index contributed by atoms with van der Waals surface area (Å²) in [5, 5.41) is 0. The third-order valence-corrected chi connectivity index (χ3v) is 4.85. The van der Waals surface area contributed by atoms with Gasteiger partial charge in [-0.25, -0.2) is 17.8 Å². The lowest BCUT2D eigenvalue weighted by atomic mass is 10.3. The summed E-state index contributed by atoms with van der Waals surface area (Å²) in [7, 11) is -0.283. The Morgan fingerprint density at radius 2 is 1.95 bits per heavy atom. The number of rotatable bonds is 4. The average molecular weight is 352 g/mol. The van der Waals surface area contributed by atoms with E-state index in [1.54, 1.807) is 19.0 Å². The molecule has 9 heteroatoms. The number of nitrogens with zero attached hydrogens (tertiary/aromatic N) is 3. The van der Waals surface area contributed by atoms with Gasteiger partial charge in [0.2, 0.25) is 10.0 Å². The number of aliphatic imine (C=N–C) groups is 1. The molecule has 0 radical (unpaired) electrons. The molecule has 0 N–H and O–H groups in total. The number of halogens is 2. The first kappa shape index (κ1) is 18.8. The smallest absolute Gasteiger partial charge is 0.246 e. The monoisotopic (exact) mass is 351 g/mol. The fourth-order valence-electron chi connectivity index (χ4n) is 1.88. The van der Waals surface area contributed by atoms with Gasteiger partial charge in [0, 0.05) is 27.2 Å². The lowest BCUT2D eigenvalue weighted by Gasteiger charge is -2.26. The Hall–Kier alpha value is -1.22. The molecule has 0 atom stereocenters. The Labute approximate surface area is 136 Å². The van der Waals surface area contributed by atoms with Crippen molar-refractivity contribution in [1.82, 2.24) is 9.21 Å². The van der Waals surface area contributed by atoms with Crippen LogP contribution in [0, 0.1) is 5.82 Å². The molecule has 1 aromatic rings. The molecule has 0 aromatic heterocycles. The maximum absolute atomic E-state index is 13.9. The van der Waals surface area contributed by atoms with Crippen LogP contribution in [0.3, 0.4) is 0 Å². The number of sulfonamides is 1. The summed E-state index contributed by atoms with van der Waals surface area (Å²) in [6.07, 6.45) is 1.53. The molecule has 1 aliphatic heterocycles. The van der Waals surface area contributed by atoms with Crippen LogP contribution in [-0.2, 0) is 14.8 Å². The maximum Gasteiger partial charge on any atom is 0.246 e. The van der Waals surface area contributed by atoms with Gasteiger partial charge >= 0.3 is 0 Å². The standard InChI is InChI=1S/C13H18FN3O3S.ClH/c1-16(2)10-15-11-3-4-12(14)13(9-11)21(18,19)17-5-7-20-8-6-17;/h3-4,9-10H,5-8H2,1-2H3;1H. The predicted molar refractivity (Wildman–Crippen MR) is 85.1 cm³/mol. The summed E-state index contributed by atoms with van der Waals surface area (Å²) >= 11 is 0. The minimum absolute atomic E-state index is 0. The highest BCUT2D eigenvalue weighted by atomic mass is 35.5. The molecule has 0 saturated carbocycles. The summed E-state index contributed by atoms with van der Waals surface area (Å²) < 4.78 is 45.2. The normalized spacial score (nSPS) is 16.5. The molecule has 1 saturated heterocycles. The predicted octanol–water partition coefficient (Wildman–Crippen LogP) is 1.49. The summed E-state index contributed by atoms with van der Waals surface area (Å²) in [5.41, 5.74) is 0.386. The highest BCUT2D eigenvalue weighted by Gasteiger charge is 2.29. The summed E-state index contributed by atoms with van der Waals surface area (Å²) in [6.45, 7) is 1.10. The molecule has 0 spiro atoms. The van der Waals surface area contributed by atoms with Gasteiger partial charge in [0.25, 0.3) is 0 Å². The second-order valence-electron chi connectivity index (χ2n) is 4.84. The van der Waals surface area contributed by atoms with E-state index in [4.69, 9.17) is 4.74 Å². The van der Waals surface area contributed by atoms with Crippen LogP contribution in [0.5, 0.6) is 0 Å². The van der Waals surface area contributed by atoms with E-state index < -0.39 is 15.8 Å². The molecule has 0 unspecified atom stereocenters. The number of hydrogen-bond donors (Lipinski definition) is 0. The van der Waals surface area contributed by atoms with Crippen LogP contribution < -0.4 is 0 Å². The summed E-state index contributed by atoms with van der Waals surface area (Å²) in [4.78, 5) is 5.45. The molecule has 6 nitrogen and oxygen atoms in total. The summed E-state index contributed by atoms with van der Waals surface area (Å²) in [5.74, 6) is -0.773. The zero-order valence-electron chi connectivity index (χ0n) is 12.4. The van der Waals surface area contributed by atoms with Crippen LogP contribution in [0.25, 0.3) is 0 Å². The molecular weight excluding hydrogens is 333 g/mol. The SMILES string of the molecule is CN(C)C=Nc1ccc(F)c(S(=O)(=O)N2CCOCC2)c1.Cl. The third kappa shape index (κ3) is 4.39. The fraction of sp³-hybridized carbons (Fsp3) is 0.462. The van der Waals surface area contributed by atoms with Crippen LogP contribution >= 0.6 is 12.4 Å². The highest BCUT2D eigenvalue weighted by molar-refractivity contribution is 7.89. The Morgan fingerprint density at radius 1 is 1.32 bits per heavy atom. The highest BCUT2D eigenvalue weighted by Crippen LogP contribution is 2.25. The quantitative estimate of drug-likeness (QED) is 0.609. The van der Waals surface area contributed by atoms with E-state index in [1.807, 2.05) is 0 Å². The van der Waals surface area contributed by atoms with Crippen LogP contribution in [0.2, 0.25) is 0 Å². The number of benzene rings is 1. The second kappa shape index (κ2) is 7.87. The fourth-order valence-corrected chi connectivity index (χ4v) is 3.37. The zero-order valence-corrected chi connectivity index (χ0v) is 14.0. The molecule has 1 aromatic carbocycles. The van der Waals surface area contributed by atoms with E-state index in [1.165, 1.54) is 22.8 Å². The van der Waals surface area contributed by atoms with Crippen molar-refractivity contribution in [2.24, 2.45) is 4.99 Å². The van der Waals surface area contributed by atoms with Crippen molar-refractivity contribution in [2.45, 2.75) is 4.90 Å². The molecule has 2 rings (SSSR count). The first-order valence-corrected chi connectivity index (χ1v) is 7.93. The molecule has 0 bridgehead atoms. The van der Waals surface area contributed by atoms with E-state index in [0.29, 0.717) is 18.9 Å². The Morgan fingerprint density at radius 3 is 2.55 bits per heavy atom. The lowest BCUT2D eigenvalue weighted by molar-refractivity contribution is 0.0729. The molecule has 124 valence electrons. The molecule has 0 aliphatic carbocycles. The van der Waals surface area contributed by atoms with Crippen molar-refractivity contribution in [3.8, 4) is 0 Å². The van der Waals surface area contributed by atoms with Gasteiger partial charge in [0.1, 0.15) is 10.7 Å². The molecule has 1 heterocycles. The molecule has 22 heavy (non-hydrogen) atoms. The first-order valence-electron chi connectivity index (χ1n) is 6.49. The Balaban J connectivity index is 0.00000242. The van der Waals surface area contributed by atoms with Crippen molar-refractivity contribution < 1.29 is 17.5 Å². The lowest BCUT2D eigenvalue weighted by Crippen LogP contribution is -2.40. The number of morpholine rings is 1. The van der Waals surface area contributed by atoms with Gasteiger partial charge in [-0.05, 0) is 18.2 Å². The zero-order chi connectivity index (χ0) is 15.5. The second-order valence-corrected chi connectivity index (χ2v) is 6.75. The van der Waals surface area contributed by atoms with Crippen LogP contribution in [0.4, 0.5) is 10.1 Å². The largest absolute Gasteiger partial charge is 0.379 e. The first-order chi connectivity index (χ1) is 9.91. The molecular formula is C13H19ClFN3O3S. The van der Waals surface area contributed by atoms with Crippen LogP contribution in [-0.4, -0.2) is 64.4 Å². The minimum Gasteiger partial charge on any atom is -0.379 e. The number of hydrogen-bond acceptors (Lipinski definition) is 4. The van der Waals surface area contributed by atoms with Crippen molar-refractivity contribution in [3.05, 3.63) is 24.0 Å². The van der Waals surface area contributed by atoms with E-state index in [0.717, 1.165) is 6.07 Å². The van der Waals surface area contributed by atoms with E-state index in [-0.39, 0.29) is 30.4 Å². The Kier molecular flexibility index (Phi) is 6.73. The van der Waals surface area contributed by atoms with Gasteiger partial charge in [0.05, 0.1) is 25.2 Å². The van der Waals surface area contributed by atoms with Gasteiger partial charge in [-0.15, -0.1) is 12.4 Å². The average Bonchev–Trinajstić information content (AvgIpc) is 2.47.